The van der Waals surface area contributed by atoms with Crippen LogP contribution in [0.15, 0.2) is 54.6 Å². The first-order valence-corrected chi connectivity index (χ1v) is 10.3. The lowest BCUT2D eigenvalue weighted by Crippen LogP contribution is -2.36. The van der Waals surface area contributed by atoms with E-state index in [0.717, 1.165) is 5.56 Å². The quantitative estimate of drug-likeness (QED) is 0.689. The molecule has 31 heavy (non-hydrogen) atoms. The minimum absolute atomic E-state index is 0.109. The van der Waals surface area contributed by atoms with Crippen molar-refractivity contribution >= 4 is 23.6 Å². The Morgan fingerprint density at radius 1 is 1.03 bits per heavy atom. The van der Waals surface area contributed by atoms with Gasteiger partial charge in [-0.3, -0.25) is 9.59 Å². The van der Waals surface area contributed by atoms with Gasteiger partial charge in [0.15, 0.2) is 0 Å². The molecule has 0 aliphatic heterocycles. The van der Waals surface area contributed by atoms with Crippen molar-refractivity contribution in [1.29, 1.82) is 0 Å². The smallest absolute Gasteiger partial charge is 0.407 e. The second kappa shape index (κ2) is 10.6. The molecule has 166 valence electrons. The first-order chi connectivity index (χ1) is 14.6. The fourth-order valence-electron chi connectivity index (χ4n) is 2.87. The number of alkyl carbamates (subject to hydrolysis) is 1. The van der Waals surface area contributed by atoms with Gasteiger partial charge in [0.05, 0.1) is 6.04 Å². The highest BCUT2D eigenvalue weighted by molar-refractivity contribution is 6.04. The number of anilines is 1. The average Bonchev–Trinajstić information content (AvgIpc) is 2.72. The van der Waals surface area contributed by atoms with Gasteiger partial charge in [-0.15, -0.1) is 0 Å². The number of nitrogens with zero attached hydrogens (tertiary/aromatic N) is 1. The van der Waals surface area contributed by atoms with Crippen LogP contribution in [0, 0.1) is 0 Å². The molecule has 2 rings (SSSR count). The van der Waals surface area contributed by atoms with Crippen LogP contribution in [0.4, 0.5) is 10.5 Å². The second-order valence-electron chi connectivity index (χ2n) is 8.30. The van der Waals surface area contributed by atoms with Gasteiger partial charge in [0, 0.05) is 31.3 Å². The van der Waals surface area contributed by atoms with E-state index in [2.05, 4.69) is 10.6 Å². The monoisotopic (exact) mass is 425 g/mol. The molecule has 7 heteroatoms. The van der Waals surface area contributed by atoms with Crippen molar-refractivity contribution < 1.29 is 19.1 Å². The first-order valence-electron chi connectivity index (χ1n) is 10.3. The van der Waals surface area contributed by atoms with E-state index in [4.69, 9.17) is 4.74 Å². The molecular weight excluding hydrogens is 394 g/mol. The van der Waals surface area contributed by atoms with Crippen LogP contribution in [-0.4, -0.2) is 42.0 Å². The van der Waals surface area contributed by atoms with E-state index in [-0.39, 0.29) is 30.8 Å². The Bertz CT molecular complexity index is 907. The highest BCUT2D eigenvalue weighted by Crippen LogP contribution is 2.23. The zero-order valence-corrected chi connectivity index (χ0v) is 18.8. The number of carbonyl (C=O) groups is 3. The van der Waals surface area contributed by atoms with Crippen LogP contribution >= 0.6 is 0 Å². The van der Waals surface area contributed by atoms with Gasteiger partial charge in [0.2, 0.25) is 5.91 Å². The summed E-state index contributed by atoms with van der Waals surface area (Å²) in [6.07, 6.45) is -0.386. The second-order valence-corrected chi connectivity index (χ2v) is 8.30. The van der Waals surface area contributed by atoms with Gasteiger partial charge in [-0.2, -0.15) is 0 Å². The summed E-state index contributed by atoms with van der Waals surface area (Å²) in [6, 6.07) is 16.2. The maximum absolute atomic E-state index is 12.5. The van der Waals surface area contributed by atoms with Crippen LogP contribution in [0.25, 0.3) is 0 Å². The largest absolute Gasteiger partial charge is 0.444 e. The zero-order valence-electron chi connectivity index (χ0n) is 18.8. The summed E-state index contributed by atoms with van der Waals surface area (Å²) >= 11 is 0. The average molecular weight is 426 g/mol. The Labute approximate surface area is 183 Å². The van der Waals surface area contributed by atoms with Crippen LogP contribution in [0.5, 0.6) is 0 Å². The van der Waals surface area contributed by atoms with Crippen LogP contribution in [0.1, 0.15) is 56.1 Å². The van der Waals surface area contributed by atoms with Crippen molar-refractivity contribution in [2.24, 2.45) is 0 Å². The number of carbonyl (C=O) groups excluding carboxylic acids is 3. The third kappa shape index (κ3) is 7.77. The molecule has 2 aromatic rings. The van der Waals surface area contributed by atoms with Crippen LogP contribution in [-0.2, 0) is 9.53 Å². The lowest BCUT2D eigenvalue weighted by atomic mass is 10.1. The third-order valence-electron chi connectivity index (χ3n) is 4.64. The van der Waals surface area contributed by atoms with E-state index < -0.39 is 11.7 Å². The number of rotatable bonds is 7. The van der Waals surface area contributed by atoms with Crippen molar-refractivity contribution in [2.45, 2.75) is 45.8 Å². The van der Waals surface area contributed by atoms with E-state index in [1.165, 1.54) is 0 Å². The summed E-state index contributed by atoms with van der Waals surface area (Å²) in [7, 11) is 1.72. The molecule has 0 aliphatic rings. The molecule has 7 nitrogen and oxygen atoms in total. The van der Waals surface area contributed by atoms with Gasteiger partial charge < -0.3 is 20.3 Å². The normalized spacial score (nSPS) is 11.9. The molecule has 0 fully saturated rings. The summed E-state index contributed by atoms with van der Waals surface area (Å²) in [5, 5.41) is 5.48. The molecule has 1 atom stereocenters. The Hall–Kier alpha value is -3.35. The van der Waals surface area contributed by atoms with Crippen molar-refractivity contribution in [3.63, 3.8) is 0 Å². The highest BCUT2D eigenvalue weighted by atomic mass is 16.6. The highest BCUT2D eigenvalue weighted by Gasteiger charge is 2.19. The maximum atomic E-state index is 12.5. The van der Waals surface area contributed by atoms with Gasteiger partial charge in [0.1, 0.15) is 5.60 Å². The lowest BCUT2D eigenvalue weighted by molar-refractivity contribution is -0.131. The molecule has 0 spiro atoms. The minimum atomic E-state index is -0.583. The molecular formula is C24H31N3O4. The number of hydrogen-bond donors (Lipinski definition) is 2. The predicted molar refractivity (Wildman–Crippen MR) is 121 cm³/mol. The number of benzene rings is 2. The molecule has 0 saturated carbocycles. The standard InChI is InChI=1S/C24H31N3O4/c1-17(27(5)21(28)14-15-25-23(30)31-24(2,3)4)19-12-9-13-20(16-19)26-22(29)18-10-7-6-8-11-18/h6-13,16-17H,14-15H2,1-5H3,(H,25,30)(H,26,29). The molecule has 2 N–H and O–H groups in total. The zero-order chi connectivity index (χ0) is 23.0. The summed E-state index contributed by atoms with van der Waals surface area (Å²) in [6.45, 7) is 7.45. The molecule has 0 radical (unpaired) electrons. The lowest BCUT2D eigenvalue weighted by Gasteiger charge is -2.26. The topological polar surface area (TPSA) is 87.7 Å². The van der Waals surface area contributed by atoms with Crippen molar-refractivity contribution in [3.8, 4) is 0 Å². The van der Waals surface area contributed by atoms with E-state index in [1.807, 2.05) is 49.4 Å². The van der Waals surface area contributed by atoms with E-state index in [1.54, 1.807) is 44.9 Å². The van der Waals surface area contributed by atoms with Gasteiger partial charge in [-0.05, 0) is 57.5 Å². The molecule has 0 heterocycles. The third-order valence-corrected chi connectivity index (χ3v) is 4.64. The predicted octanol–water partition coefficient (Wildman–Crippen LogP) is 4.37. The summed E-state index contributed by atoms with van der Waals surface area (Å²) < 4.78 is 5.16. The fraction of sp³-hybridized carbons (Fsp3) is 0.375. The summed E-state index contributed by atoms with van der Waals surface area (Å²) in [4.78, 5) is 38.2. The number of ether oxygens (including phenoxy) is 1. The van der Waals surface area contributed by atoms with Gasteiger partial charge in [-0.25, -0.2) is 4.79 Å². The SMILES string of the molecule is CC(c1cccc(NC(=O)c2ccccc2)c1)N(C)C(=O)CCNC(=O)OC(C)(C)C. The summed E-state index contributed by atoms with van der Waals surface area (Å²) in [5.74, 6) is -0.301. The number of hydrogen-bond acceptors (Lipinski definition) is 4. The number of nitrogens with one attached hydrogen (secondary N) is 2. The molecule has 0 saturated heterocycles. The van der Waals surface area contributed by atoms with Crippen LogP contribution in [0.3, 0.4) is 0 Å². The Kier molecular flexibility index (Phi) is 8.19. The molecule has 2 aromatic carbocycles. The van der Waals surface area contributed by atoms with Crippen molar-refractivity contribution in [1.82, 2.24) is 10.2 Å². The maximum Gasteiger partial charge on any atom is 0.407 e. The Morgan fingerprint density at radius 2 is 1.71 bits per heavy atom. The van der Waals surface area contributed by atoms with Crippen LogP contribution in [0.2, 0.25) is 0 Å². The van der Waals surface area contributed by atoms with E-state index in [9.17, 15) is 14.4 Å². The number of amides is 3. The molecule has 0 aromatic heterocycles. The van der Waals surface area contributed by atoms with Gasteiger partial charge in [0.25, 0.3) is 5.91 Å². The van der Waals surface area contributed by atoms with Gasteiger partial charge in [-0.1, -0.05) is 30.3 Å². The molecule has 3 amide bonds. The Morgan fingerprint density at radius 3 is 2.35 bits per heavy atom. The van der Waals surface area contributed by atoms with E-state index >= 15 is 0 Å². The Balaban J connectivity index is 1.92. The van der Waals surface area contributed by atoms with Crippen molar-refractivity contribution in [3.05, 3.63) is 65.7 Å². The fourth-order valence-corrected chi connectivity index (χ4v) is 2.87. The van der Waals surface area contributed by atoms with Gasteiger partial charge >= 0.3 is 6.09 Å². The van der Waals surface area contributed by atoms with E-state index in [0.29, 0.717) is 11.3 Å². The molecule has 0 aliphatic carbocycles. The van der Waals surface area contributed by atoms with Crippen LogP contribution < -0.4 is 10.6 Å². The van der Waals surface area contributed by atoms with Crippen molar-refractivity contribution in [2.75, 3.05) is 18.9 Å². The molecule has 0 bridgehead atoms. The summed E-state index contributed by atoms with van der Waals surface area (Å²) in [5.41, 5.74) is 1.54. The first kappa shape index (κ1) is 23.9. The molecule has 1 unspecified atom stereocenters. The minimum Gasteiger partial charge on any atom is -0.444 e.